The van der Waals surface area contributed by atoms with Gasteiger partial charge in [-0.25, -0.2) is 9.59 Å². The molecule has 9 nitrogen and oxygen atoms in total. The van der Waals surface area contributed by atoms with Gasteiger partial charge in [0.05, 0.1) is 10.9 Å². The first-order chi connectivity index (χ1) is 17.3. The minimum atomic E-state index is -5.01. The number of alkyl carbamates (subject to hydrolysis) is 1. The zero-order chi connectivity index (χ0) is 27.0. The number of benzene rings is 2. The average molecular weight is 521 g/mol. The van der Waals surface area contributed by atoms with Crippen LogP contribution in [0, 0.1) is 0 Å². The molecule has 0 bridgehead atoms. The van der Waals surface area contributed by atoms with Crippen LogP contribution < -0.4 is 25.0 Å². The van der Waals surface area contributed by atoms with Crippen molar-refractivity contribution < 1.29 is 46.1 Å². The van der Waals surface area contributed by atoms with Crippen LogP contribution in [0.4, 0.5) is 18.0 Å². The van der Waals surface area contributed by atoms with Crippen molar-refractivity contribution >= 4 is 23.0 Å². The number of rotatable bonds is 4. The predicted octanol–water partition coefficient (Wildman–Crippen LogP) is 4.68. The molecule has 1 aliphatic heterocycles. The minimum Gasteiger partial charge on any atom is -0.486 e. The number of amides is 1. The molecule has 4 rings (SSSR count). The summed E-state index contributed by atoms with van der Waals surface area (Å²) in [6, 6.07) is 7.43. The van der Waals surface area contributed by atoms with Crippen molar-refractivity contribution in [2.24, 2.45) is 0 Å². The van der Waals surface area contributed by atoms with Gasteiger partial charge in [0.15, 0.2) is 11.5 Å². The molecule has 1 aromatic heterocycles. The van der Waals surface area contributed by atoms with Crippen LogP contribution in [0.3, 0.4) is 0 Å². The molecular formula is C25H22F3NO8. The van der Waals surface area contributed by atoms with Gasteiger partial charge in [-0.05, 0) is 50.6 Å². The Bertz CT molecular complexity index is 1420. The number of esters is 1. The van der Waals surface area contributed by atoms with Crippen molar-refractivity contribution in [1.29, 1.82) is 0 Å². The molecule has 37 heavy (non-hydrogen) atoms. The number of alkyl halides is 3. The summed E-state index contributed by atoms with van der Waals surface area (Å²) in [6.07, 6.45) is -5.87. The van der Waals surface area contributed by atoms with E-state index in [-0.39, 0.29) is 29.1 Å². The molecule has 12 heteroatoms. The van der Waals surface area contributed by atoms with Gasteiger partial charge < -0.3 is 28.7 Å². The number of hydrogen-bond acceptors (Lipinski definition) is 8. The zero-order valence-electron chi connectivity index (χ0n) is 20.0. The SMILES string of the molecule is CC(C)(C)OC(=O)NCC(=O)Oc1ccc2c(=O)c(-c3ccc4c(c3)OCCO4)c(C(F)(F)F)oc2c1. The van der Waals surface area contributed by atoms with Crippen LogP contribution in [0.1, 0.15) is 26.5 Å². The summed E-state index contributed by atoms with van der Waals surface area (Å²) in [6.45, 7) is 4.87. The Kier molecular flexibility index (Phi) is 6.76. The molecule has 2 aromatic carbocycles. The van der Waals surface area contributed by atoms with Crippen LogP contribution in [0.2, 0.25) is 0 Å². The molecule has 2 heterocycles. The van der Waals surface area contributed by atoms with Gasteiger partial charge in [-0.3, -0.25) is 4.79 Å². The molecule has 0 unspecified atom stereocenters. The van der Waals surface area contributed by atoms with Gasteiger partial charge >= 0.3 is 18.2 Å². The van der Waals surface area contributed by atoms with E-state index in [1.807, 2.05) is 0 Å². The van der Waals surface area contributed by atoms with Gasteiger partial charge in [0.25, 0.3) is 0 Å². The number of hydrogen-bond donors (Lipinski definition) is 1. The second-order valence-electron chi connectivity index (χ2n) is 8.98. The van der Waals surface area contributed by atoms with E-state index in [0.29, 0.717) is 12.4 Å². The molecule has 0 radical (unpaired) electrons. The fourth-order valence-corrected chi connectivity index (χ4v) is 3.52. The molecule has 0 fully saturated rings. The Hall–Kier alpha value is -4.22. The number of carbonyl (C=O) groups is 2. The van der Waals surface area contributed by atoms with E-state index in [1.54, 1.807) is 20.8 Å². The van der Waals surface area contributed by atoms with Crippen molar-refractivity contribution in [2.45, 2.75) is 32.5 Å². The number of fused-ring (bicyclic) bond motifs is 2. The highest BCUT2D eigenvalue weighted by Gasteiger charge is 2.39. The van der Waals surface area contributed by atoms with Crippen LogP contribution in [0.15, 0.2) is 45.6 Å². The highest BCUT2D eigenvalue weighted by atomic mass is 19.4. The predicted molar refractivity (Wildman–Crippen MR) is 124 cm³/mol. The quantitative estimate of drug-likeness (QED) is 0.389. The topological polar surface area (TPSA) is 113 Å². The second-order valence-corrected chi connectivity index (χ2v) is 8.98. The summed E-state index contributed by atoms with van der Waals surface area (Å²) in [4.78, 5) is 36.9. The number of ether oxygens (including phenoxy) is 4. The van der Waals surface area contributed by atoms with Crippen LogP contribution in [0.5, 0.6) is 17.2 Å². The molecule has 0 spiro atoms. The first-order valence-corrected chi connectivity index (χ1v) is 11.1. The molecule has 196 valence electrons. The lowest BCUT2D eigenvalue weighted by Crippen LogP contribution is -2.36. The monoisotopic (exact) mass is 521 g/mol. The molecule has 0 saturated carbocycles. The van der Waals surface area contributed by atoms with E-state index < -0.39 is 52.7 Å². The van der Waals surface area contributed by atoms with Gasteiger partial charge in [-0.1, -0.05) is 6.07 Å². The third-order valence-corrected chi connectivity index (χ3v) is 4.96. The Morgan fingerprint density at radius 1 is 1.00 bits per heavy atom. The fourth-order valence-electron chi connectivity index (χ4n) is 3.52. The summed E-state index contributed by atoms with van der Waals surface area (Å²) < 4.78 is 67.9. The minimum absolute atomic E-state index is 0.0593. The van der Waals surface area contributed by atoms with Crippen molar-refractivity contribution in [1.82, 2.24) is 5.32 Å². The Morgan fingerprint density at radius 3 is 2.38 bits per heavy atom. The first kappa shape index (κ1) is 25.9. The van der Waals surface area contributed by atoms with Crippen LogP contribution in [-0.4, -0.2) is 37.4 Å². The highest BCUT2D eigenvalue weighted by molar-refractivity contribution is 5.86. The Morgan fingerprint density at radius 2 is 1.70 bits per heavy atom. The van der Waals surface area contributed by atoms with E-state index in [1.165, 1.54) is 30.3 Å². The lowest BCUT2D eigenvalue weighted by Gasteiger charge is -2.19. The molecule has 0 atom stereocenters. The maximum Gasteiger partial charge on any atom is 0.450 e. The molecule has 1 amide bonds. The molecule has 0 aliphatic carbocycles. The van der Waals surface area contributed by atoms with Gasteiger partial charge in [0, 0.05) is 6.07 Å². The molecule has 3 aromatic rings. The maximum atomic E-state index is 14.0. The summed E-state index contributed by atoms with van der Waals surface area (Å²) in [5.74, 6) is -2.07. The summed E-state index contributed by atoms with van der Waals surface area (Å²) in [5.41, 5.74) is -2.91. The molecule has 1 aliphatic rings. The maximum absolute atomic E-state index is 14.0. The van der Waals surface area contributed by atoms with Gasteiger partial charge in [0.2, 0.25) is 11.2 Å². The standard InChI is InChI=1S/C25H22F3NO8/c1-24(2,3)37-23(32)29-12-19(30)35-14-5-6-15-17(11-14)36-22(25(26,27)28)20(21(15)31)13-4-7-16-18(10-13)34-9-8-33-16/h4-7,10-11H,8-9,12H2,1-3H3,(H,29,32). The third kappa shape index (κ3) is 5.96. The van der Waals surface area contributed by atoms with Gasteiger partial charge in [-0.15, -0.1) is 0 Å². The number of nitrogens with one attached hydrogen (secondary N) is 1. The molecule has 0 saturated heterocycles. The lowest BCUT2D eigenvalue weighted by atomic mass is 10.0. The lowest BCUT2D eigenvalue weighted by molar-refractivity contribution is -0.152. The van der Waals surface area contributed by atoms with E-state index in [2.05, 4.69) is 5.32 Å². The average Bonchev–Trinajstić information content (AvgIpc) is 2.80. The fraction of sp³-hybridized carbons (Fsp3) is 0.320. The zero-order valence-corrected chi connectivity index (χ0v) is 20.0. The summed E-state index contributed by atoms with van der Waals surface area (Å²) in [5, 5.41) is 2.04. The third-order valence-electron chi connectivity index (χ3n) is 4.96. The van der Waals surface area contributed by atoms with Gasteiger partial charge in [0.1, 0.15) is 36.7 Å². The largest absolute Gasteiger partial charge is 0.486 e. The highest BCUT2D eigenvalue weighted by Crippen LogP contribution is 2.40. The van der Waals surface area contributed by atoms with Crippen LogP contribution >= 0.6 is 0 Å². The second kappa shape index (κ2) is 9.68. The van der Waals surface area contributed by atoms with Crippen LogP contribution in [0.25, 0.3) is 22.1 Å². The van der Waals surface area contributed by atoms with E-state index in [0.717, 1.165) is 6.07 Å². The first-order valence-electron chi connectivity index (χ1n) is 11.1. The van der Waals surface area contributed by atoms with Crippen molar-refractivity contribution in [3.63, 3.8) is 0 Å². The summed E-state index contributed by atoms with van der Waals surface area (Å²) >= 11 is 0. The van der Waals surface area contributed by atoms with E-state index >= 15 is 0 Å². The Balaban J connectivity index is 1.65. The number of halogens is 3. The van der Waals surface area contributed by atoms with Crippen LogP contribution in [-0.2, 0) is 15.7 Å². The van der Waals surface area contributed by atoms with E-state index in [9.17, 15) is 27.6 Å². The Labute approximate surface area is 208 Å². The van der Waals surface area contributed by atoms with Crippen molar-refractivity contribution in [3.8, 4) is 28.4 Å². The smallest absolute Gasteiger partial charge is 0.450 e. The normalized spacial score (nSPS) is 13.2. The van der Waals surface area contributed by atoms with Crippen molar-refractivity contribution in [3.05, 3.63) is 52.4 Å². The summed E-state index contributed by atoms with van der Waals surface area (Å²) in [7, 11) is 0. The number of carbonyl (C=O) groups excluding carboxylic acids is 2. The molecular weight excluding hydrogens is 499 g/mol. The van der Waals surface area contributed by atoms with E-state index in [4.69, 9.17) is 23.4 Å². The van der Waals surface area contributed by atoms with Gasteiger partial charge in [-0.2, -0.15) is 13.2 Å². The molecule has 1 N–H and O–H groups in total. The van der Waals surface area contributed by atoms with Crippen molar-refractivity contribution in [2.75, 3.05) is 19.8 Å².